The summed E-state index contributed by atoms with van der Waals surface area (Å²) in [4.78, 5) is 0. The molecule has 5 heteroatoms. The molecular formula is C12H17F3N2. The van der Waals surface area contributed by atoms with Gasteiger partial charge >= 0.3 is 0 Å². The number of halogens is 3. The number of benzene rings is 1. The van der Waals surface area contributed by atoms with E-state index in [2.05, 4.69) is 10.6 Å². The highest BCUT2D eigenvalue weighted by Gasteiger charge is 2.10. The molecule has 0 unspecified atom stereocenters. The number of nitrogens with one attached hydrogen (secondary N) is 2. The number of hydrogen-bond donors (Lipinski definition) is 2. The molecule has 0 spiro atoms. The standard InChI is InChI=1S/C12H17F3N2/c1-12(2,3)17-5-4-16-11-7-9(14)8(13)6-10(11)15/h6-7,16-17H,4-5H2,1-3H3. The van der Waals surface area contributed by atoms with E-state index < -0.39 is 17.5 Å². The summed E-state index contributed by atoms with van der Waals surface area (Å²) in [5, 5.41) is 5.89. The minimum absolute atomic E-state index is 0.0281. The second kappa shape index (κ2) is 5.40. The molecule has 0 amide bonds. The van der Waals surface area contributed by atoms with Crippen molar-refractivity contribution in [1.29, 1.82) is 0 Å². The van der Waals surface area contributed by atoms with Crippen molar-refractivity contribution in [2.75, 3.05) is 18.4 Å². The fourth-order valence-electron chi connectivity index (χ4n) is 1.29. The lowest BCUT2D eigenvalue weighted by molar-refractivity contribution is 0.435. The minimum atomic E-state index is -1.18. The van der Waals surface area contributed by atoms with Gasteiger partial charge in [-0.1, -0.05) is 0 Å². The third-order valence-corrected chi connectivity index (χ3v) is 2.11. The van der Waals surface area contributed by atoms with Gasteiger partial charge in [-0.2, -0.15) is 0 Å². The van der Waals surface area contributed by atoms with Crippen LogP contribution in [0.25, 0.3) is 0 Å². The second-order valence-corrected chi connectivity index (χ2v) is 4.85. The smallest absolute Gasteiger partial charge is 0.161 e. The van der Waals surface area contributed by atoms with Crippen LogP contribution in [0.15, 0.2) is 12.1 Å². The monoisotopic (exact) mass is 246 g/mol. The van der Waals surface area contributed by atoms with E-state index in [0.717, 1.165) is 6.07 Å². The fraction of sp³-hybridized carbons (Fsp3) is 0.500. The Morgan fingerprint density at radius 2 is 1.53 bits per heavy atom. The summed E-state index contributed by atoms with van der Waals surface area (Å²) in [5.41, 5.74) is -0.0616. The molecule has 1 rings (SSSR count). The molecule has 0 aliphatic rings. The lowest BCUT2D eigenvalue weighted by Gasteiger charge is -2.20. The Hall–Kier alpha value is -1.23. The van der Waals surface area contributed by atoms with Crippen molar-refractivity contribution in [2.24, 2.45) is 0 Å². The first-order valence-corrected chi connectivity index (χ1v) is 5.43. The Balaban J connectivity index is 2.50. The Morgan fingerprint density at radius 1 is 0.941 bits per heavy atom. The van der Waals surface area contributed by atoms with Crippen molar-refractivity contribution in [3.05, 3.63) is 29.6 Å². The maximum Gasteiger partial charge on any atom is 0.161 e. The van der Waals surface area contributed by atoms with Crippen LogP contribution in [0.5, 0.6) is 0 Å². The zero-order valence-corrected chi connectivity index (χ0v) is 10.2. The van der Waals surface area contributed by atoms with Gasteiger partial charge in [-0.05, 0) is 20.8 Å². The van der Waals surface area contributed by atoms with Crippen LogP contribution in [0, 0.1) is 17.5 Å². The molecule has 0 bridgehead atoms. The lowest BCUT2D eigenvalue weighted by Crippen LogP contribution is -2.38. The summed E-state index contributed by atoms with van der Waals surface area (Å²) >= 11 is 0. The topological polar surface area (TPSA) is 24.1 Å². The molecule has 0 saturated carbocycles. The van der Waals surface area contributed by atoms with Crippen molar-refractivity contribution in [3.8, 4) is 0 Å². The highest BCUT2D eigenvalue weighted by molar-refractivity contribution is 5.45. The highest BCUT2D eigenvalue weighted by Crippen LogP contribution is 2.17. The molecule has 2 nitrogen and oxygen atoms in total. The quantitative estimate of drug-likeness (QED) is 0.630. The molecule has 0 aliphatic heterocycles. The van der Waals surface area contributed by atoms with Gasteiger partial charge in [0, 0.05) is 30.8 Å². The molecule has 1 aromatic carbocycles. The molecule has 0 radical (unpaired) electrons. The molecule has 0 fully saturated rings. The molecule has 2 N–H and O–H groups in total. The molecule has 17 heavy (non-hydrogen) atoms. The van der Waals surface area contributed by atoms with Gasteiger partial charge in [0.1, 0.15) is 5.82 Å². The van der Waals surface area contributed by atoms with Gasteiger partial charge in [0.2, 0.25) is 0 Å². The van der Waals surface area contributed by atoms with Gasteiger partial charge < -0.3 is 10.6 Å². The summed E-state index contributed by atoms with van der Waals surface area (Å²) in [6.45, 7) is 7.04. The van der Waals surface area contributed by atoms with Gasteiger partial charge in [-0.3, -0.25) is 0 Å². The molecule has 0 aliphatic carbocycles. The summed E-state index contributed by atoms with van der Waals surface area (Å²) < 4.78 is 38.7. The average molecular weight is 246 g/mol. The van der Waals surface area contributed by atoms with Crippen LogP contribution in [0.1, 0.15) is 20.8 Å². The maximum atomic E-state index is 13.2. The zero-order valence-electron chi connectivity index (χ0n) is 10.2. The van der Waals surface area contributed by atoms with E-state index in [0.29, 0.717) is 19.2 Å². The zero-order chi connectivity index (χ0) is 13.1. The van der Waals surface area contributed by atoms with E-state index in [1.807, 2.05) is 20.8 Å². The fourth-order valence-corrected chi connectivity index (χ4v) is 1.29. The lowest BCUT2D eigenvalue weighted by atomic mass is 10.1. The van der Waals surface area contributed by atoms with Gasteiger partial charge in [-0.25, -0.2) is 13.2 Å². The van der Waals surface area contributed by atoms with Crippen LogP contribution >= 0.6 is 0 Å². The first-order valence-electron chi connectivity index (χ1n) is 5.43. The average Bonchev–Trinajstić information content (AvgIpc) is 2.18. The summed E-state index contributed by atoms with van der Waals surface area (Å²) in [5.74, 6) is -3.03. The molecule has 0 heterocycles. The van der Waals surface area contributed by atoms with Crippen molar-refractivity contribution in [1.82, 2.24) is 5.32 Å². The van der Waals surface area contributed by atoms with Crippen molar-refractivity contribution in [2.45, 2.75) is 26.3 Å². The molecule has 1 aromatic rings. The molecule has 0 atom stereocenters. The van der Waals surface area contributed by atoms with Crippen molar-refractivity contribution in [3.63, 3.8) is 0 Å². The van der Waals surface area contributed by atoms with Gasteiger partial charge in [0.05, 0.1) is 5.69 Å². The van der Waals surface area contributed by atoms with E-state index in [9.17, 15) is 13.2 Å². The van der Waals surface area contributed by atoms with Crippen molar-refractivity contribution < 1.29 is 13.2 Å². The molecule has 96 valence electrons. The van der Waals surface area contributed by atoms with E-state index >= 15 is 0 Å². The van der Waals surface area contributed by atoms with Crippen LogP contribution in [-0.2, 0) is 0 Å². The predicted octanol–water partition coefficient (Wildman–Crippen LogP) is 2.90. The molecule has 0 saturated heterocycles. The number of hydrogen-bond acceptors (Lipinski definition) is 2. The van der Waals surface area contributed by atoms with Gasteiger partial charge in [-0.15, -0.1) is 0 Å². The van der Waals surface area contributed by atoms with E-state index in [1.165, 1.54) is 0 Å². The number of rotatable bonds is 4. The SMILES string of the molecule is CC(C)(C)NCCNc1cc(F)c(F)cc1F. The van der Waals surface area contributed by atoms with E-state index in [1.54, 1.807) is 0 Å². The predicted molar refractivity (Wildman–Crippen MR) is 62.6 cm³/mol. The van der Waals surface area contributed by atoms with Gasteiger partial charge in [0.25, 0.3) is 0 Å². The molecular weight excluding hydrogens is 229 g/mol. The van der Waals surface area contributed by atoms with Crippen LogP contribution < -0.4 is 10.6 Å². The normalized spacial score (nSPS) is 11.6. The van der Waals surface area contributed by atoms with Crippen LogP contribution in [0.4, 0.5) is 18.9 Å². The second-order valence-electron chi connectivity index (χ2n) is 4.85. The Morgan fingerprint density at radius 3 is 2.12 bits per heavy atom. The maximum absolute atomic E-state index is 13.2. The Kier molecular flexibility index (Phi) is 4.40. The molecule has 0 aromatic heterocycles. The largest absolute Gasteiger partial charge is 0.381 e. The first kappa shape index (κ1) is 13.8. The summed E-state index contributed by atoms with van der Waals surface area (Å²) in [7, 11) is 0. The summed E-state index contributed by atoms with van der Waals surface area (Å²) in [6.07, 6.45) is 0. The Labute approximate surface area is 99.2 Å². The number of anilines is 1. The van der Waals surface area contributed by atoms with E-state index in [4.69, 9.17) is 0 Å². The highest BCUT2D eigenvalue weighted by atomic mass is 19.2. The first-order chi connectivity index (χ1) is 7.79. The minimum Gasteiger partial charge on any atom is -0.381 e. The third-order valence-electron chi connectivity index (χ3n) is 2.11. The van der Waals surface area contributed by atoms with Gasteiger partial charge in [0.15, 0.2) is 11.6 Å². The van der Waals surface area contributed by atoms with Crippen LogP contribution in [0.3, 0.4) is 0 Å². The van der Waals surface area contributed by atoms with Crippen molar-refractivity contribution >= 4 is 5.69 Å². The van der Waals surface area contributed by atoms with Crippen LogP contribution in [0.2, 0.25) is 0 Å². The Bertz CT molecular complexity index is 386. The van der Waals surface area contributed by atoms with E-state index in [-0.39, 0.29) is 11.2 Å². The third kappa shape index (κ3) is 4.65. The van der Waals surface area contributed by atoms with Crippen LogP contribution in [-0.4, -0.2) is 18.6 Å². The summed E-state index contributed by atoms with van der Waals surface area (Å²) in [6, 6.07) is 1.36.